The molecule has 3 aliphatic carbocycles. The van der Waals surface area contributed by atoms with Gasteiger partial charge in [-0.25, -0.2) is 0 Å². The van der Waals surface area contributed by atoms with Crippen molar-refractivity contribution in [3.63, 3.8) is 0 Å². The van der Waals surface area contributed by atoms with Crippen LogP contribution in [0.4, 0.5) is 0 Å². The van der Waals surface area contributed by atoms with Crippen LogP contribution in [0.3, 0.4) is 0 Å². The lowest BCUT2D eigenvalue weighted by Crippen LogP contribution is -2.36. The second kappa shape index (κ2) is 11.5. The minimum Gasteiger partial charge on any atom is -0.480 e. The Morgan fingerprint density at radius 1 is 0.538 bits per heavy atom. The van der Waals surface area contributed by atoms with Crippen molar-refractivity contribution in [1.29, 1.82) is 0 Å². The Balaban J connectivity index is 0.000000122. The number of esters is 4. The quantitative estimate of drug-likeness (QED) is 0.213. The first-order valence-corrected chi connectivity index (χ1v) is 17.0. The van der Waals surface area contributed by atoms with E-state index < -0.39 is 73.9 Å². The second-order valence-electron chi connectivity index (χ2n) is 15.4. The van der Waals surface area contributed by atoms with Gasteiger partial charge in [-0.2, -0.15) is 0 Å². The molecule has 3 aliphatic heterocycles. The van der Waals surface area contributed by atoms with Crippen molar-refractivity contribution in [3.05, 3.63) is 108 Å². The molecule has 0 amide bonds. The summed E-state index contributed by atoms with van der Waals surface area (Å²) in [5.74, 6) is -4.24. The maximum Gasteiger partial charge on any atom is 0.325 e. The molecule has 3 heterocycles. The summed E-state index contributed by atoms with van der Waals surface area (Å²) in [4.78, 5) is 70.2. The zero-order valence-electron chi connectivity index (χ0n) is 28.9. The van der Waals surface area contributed by atoms with E-state index in [2.05, 4.69) is 0 Å². The molecular weight excluding hydrogens is 672 g/mol. The first kappa shape index (κ1) is 34.9. The van der Waals surface area contributed by atoms with Crippen molar-refractivity contribution < 1.29 is 57.9 Å². The van der Waals surface area contributed by atoms with Gasteiger partial charge in [0.15, 0.2) is 16.2 Å². The smallest absolute Gasteiger partial charge is 0.325 e. The molecule has 0 bridgehead atoms. The van der Waals surface area contributed by atoms with Crippen molar-refractivity contribution in [2.24, 2.45) is 16.2 Å². The lowest BCUT2D eigenvalue weighted by Gasteiger charge is -2.22. The number of benzene rings is 3. The van der Waals surface area contributed by atoms with Gasteiger partial charge in [-0.3, -0.25) is 28.8 Å². The van der Waals surface area contributed by atoms with E-state index in [9.17, 15) is 39.0 Å². The molecule has 9 rings (SSSR count). The molecule has 6 fully saturated rings. The van der Waals surface area contributed by atoms with Crippen LogP contribution < -0.4 is 0 Å². The van der Waals surface area contributed by atoms with Crippen LogP contribution in [0.15, 0.2) is 91.0 Å². The summed E-state index contributed by atoms with van der Waals surface area (Å²) >= 11 is 0. The summed E-state index contributed by atoms with van der Waals surface area (Å²) < 4.78 is 20.5. The van der Waals surface area contributed by atoms with Crippen LogP contribution in [0.2, 0.25) is 0 Å². The van der Waals surface area contributed by atoms with E-state index in [1.54, 1.807) is 20.8 Å². The van der Waals surface area contributed by atoms with Gasteiger partial charge in [0.2, 0.25) is 0 Å². The van der Waals surface area contributed by atoms with Gasteiger partial charge < -0.3 is 29.2 Å². The standard InChI is InChI=1S/C16H18O4.2C12H10O4/c1-14(2,3)20-13(18)16-9-15(16,10-19-12(16)17)11-7-5-4-6-8-11;2*13-9(14)12-6-11(12,7-16-10(12)15)8-4-2-1-3-5-8/h4-8H,9-10H2,1-3H3;2*1-5H,6-7H2,(H,13,14)/t15-,16+;11-,12-;/m00./s1. The third-order valence-corrected chi connectivity index (χ3v) is 11.6. The van der Waals surface area contributed by atoms with Crippen LogP contribution in [-0.4, -0.2) is 71.5 Å². The molecule has 3 saturated heterocycles. The Labute approximate surface area is 299 Å². The van der Waals surface area contributed by atoms with Gasteiger partial charge in [-0.15, -0.1) is 0 Å². The Bertz CT molecular complexity index is 1900. The average Bonchev–Trinajstić information content (AvgIpc) is 4.06. The van der Waals surface area contributed by atoms with Crippen LogP contribution in [0.5, 0.6) is 0 Å². The monoisotopic (exact) mass is 710 g/mol. The van der Waals surface area contributed by atoms with Crippen LogP contribution in [0.25, 0.3) is 0 Å². The minimum atomic E-state index is -1.33. The molecule has 2 unspecified atom stereocenters. The van der Waals surface area contributed by atoms with Crippen LogP contribution in [-0.2, 0) is 64.0 Å². The molecule has 52 heavy (non-hydrogen) atoms. The highest BCUT2D eigenvalue weighted by atomic mass is 16.6. The second-order valence-corrected chi connectivity index (χ2v) is 15.4. The Kier molecular flexibility index (Phi) is 7.72. The number of ether oxygens (including phenoxy) is 4. The number of hydrogen-bond donors (Lipinski definition) is 2. The average molecular weight is 711 g/mol. The predicted octanol–water partition coefficient (Wildman–Crippen LogP) is 4.12. The van der Waals surface area contributed by atoms with E-state index in [0.29, 0.717) is 19.3 Å². The van der Waals surface area contributed by atoms with E-state index >= 15 is 0 Å². The molecule has 270 valence electrons. The van der Waals surface area contributed by atoms with Crippen LogP contribution in [0.1, 0.15) is 56.7 Å². The summed E-state index contributed by atoms with van der Waals surface area (Å²) in [6.07, 6.45) is 1.20. The molecule has 3 aromatic rings. The zero-order valence-corrected chi connectivity index (χ0v) is 28.9. The summed E-state index contributed by atoms with van der Waals surface area (Å²) in [6.45, 7) is 6.02. The molecule has 6 atom stereocenters. The molecule has 6 aliphatic rings. The first-order valence-electron chi connectivity index (χ1n) is 17.0. The van der Waals surface area contributed by atoms with Gasteiger partial charge in [0.05, 0.1) is 16.2 Å². The highest BCUT2D eigenvalue weighted by Crippen LogP contribution is 2.71. The van der Waals surface area contributed by atoms with Crippen molar-refractivity contribution in [1.82, 2.24) is 0 Å². The fraction of sp³-hybridized carbons (Fsp3) is 0.400. The number of carbonyl (C=O) groups excluding carboxylic acids is 4. The van der Waals surface area contributed by atoms with E-state index in [1.165, 1.54) is 0 Å². The molecule has 0 radical (unpaired) electrons. The Morgan fingerprint density at radius 2 is 0.827 bits per heavy atom. The maximum atomic E-state index is 12.5. The SMILES string of the molecule is CC(C)(C)OC(=O)[C@]12C[C@@]1(c1ccccc1)COC2=O.O=C(O)C12CC1(c1ccccc1)COC2=O.O=C(O)[C@]12C[C@@]1(c1ccccc1)COC2=O. The summed E-state index contributed by atoms with van der Waals surface area (Å²) in [7, 11) is 0. The predicted molar refractivity (Wildman–Crippen MR) is 180 cm³/mol. The lowest BCUT2D eigenvalue weighted by atomic mass is 9.88. The van der Waals surface area contributed by atoms with Crippen molar-refractivity contribution in [3.8, 4) is 0 Å². The fourth-order valence-electron chi connectivity index (χ4n) is 8.50. The Morgan fingerprint density at radius 3 is 1.12 bits per heavy atom. The molecule has 0 aromatic heterocycles. The van der Waals surface area contributed by atoms with E-state index in [1.807, 2.05) is 91.0 Å². The Hall–Kier alpha value is -5.52. The molecular formula is C40H38O12. The number of carboxylic acids is 2. The highest BCUT2D eigenvalue weighted by molar-refractivity contribution is 6.09. The number of rotatable bonds is 6. The topological polar surface area (TPSA) is 180 Å². The third kappa shape index (κ3) is 4.65. The first-order chi connectivity index (χ1) is 24.6. The maximum absolute atomic E-state index is 12.5. The third-order valence-electron chi connectivity index (χ3n) is 11.6. The summed E-state index contributed by atoms with van der Waals surface area (Å²) in [5.41, 5.74) is -3.46. The summed E-state index contributed by atoms with van der Waals surface area (Å²) in [5, 5.41) is 18.4. The highest BCUT2D eigenvalue weighted by Gasteiger charge is 2.84. The molecule has 2 N–H and O–H groups in total. The molecule has 12 heteroatoms. The van der Waals surface area contributed by atoms with Gasteiger partial charge in [-0.05, 0) is 56.7 Å². The number of carboxylic acid groups (broad SMARTS) is 2. The van der Waals surface area contributed by atoms with Crippen molar-refractivity contribution in [2.75, 3.05) is 19.8 Å². The van der Waals surface area contributed by atoms with E-state index in [0.717, 1.165) is 16.7 Å². The van der Waals surface area contributed by atoms with Gasteiger partial charge in [0.1, 0.15) is 25.4 Å². The van der Waals surface area contributed by atoms with Gasteiger partial charge in [0, 0.05) is 0 Å². The fourth-order valence-corrected chi connectivity index (χ4v) is 8.50. The molecule has 3 saturated carbocycles. The van der Waals surface area contributed by atoms with Gasteiger partial charge in [-0.1, -0.05) is 91.0 Å². The minimum absolute atomic E-state index is 0.183. The number of fused-ring (bicyclic) bond motifs is 3. The number of hydrogen-bond acceptors (Lipinski definition) is 10. The van der Waals surface area contributed by atoms with Gasteiger partial charge >= 0.3 is 35.8 Å². The summed E-state index contributed by atoms with van der Waals surface area (Å²) in [6, 6.07) is 28.1. The number of aliphatic carboxylic acids is 2. The number of carbonyl (C=O) groups is 6. The number of cyclic esters (lactones) is 3. The normalized spacial score (nSPS) is 33.9. The molecule has 0 spiro atoms. The molecule has 3 aromatic carbocycles. The van der Waals surface area contributed by atoms with Crippen LogP contribution >= 0.6 is 0 Å². The van der Waals surface area contributed by atoms with Crippen molar-refractivity contribution >= 4 is 35.8 Å². The van der Waals surface area contributed by atoms with E-state index in [4.69, 9.17) is 18.9 Å². The van der Waals surface area contributed by atoms with Crippen molar-refractivity contribution in [2.45, 2.75) is 61.9 Å². The lowest BCUT2D eigenvalue weighted by molar-refractivity contribution is -0.168. The van der Waals surface area contributed by atoms with Crippen LogP contribution in [0, 0.1) is 16.2 Å². The van der Waals surface area contributed by atoms with Gasteiger partial charge in [0.25, 0.3) is 0 Å². The molecule has 12 nitrogen and oxygen atoms in total. The zero-order chi connectivity index (χ0) is 37.4. The van der Waals surface area contributed by atoms with E-state index in [-0.39, 0.29) is 19.8 Å². The largest absolute Gasteiger partial charge is 0.480 e.